The van der Waals surface area contributed by atoms with Crippen molar-refractivity contribution >= 4 is 11.6 Å². The first kappa shape index (κ1) is 15.0. The summed E-state index contributed by atoms with van der Waals surface area (Å²) >= 11 is 0. The number of aromatic nitrogens is 3. The Kier molecular flexibility index (Phi) is 4.21. The van der Waals surface area contributed by atoms with E-state index in [1.807, 2.05) is 6.92 Å². The van der Waals surface area contributed by atoms with E-state index < -0.39 is 0 Å². The van der Waals surface area contributed by atoms with E-state index in [1.165, 1.54) is 7.11 Å². The Morgan fingerprint density at radius 2 is 1.76 bits per heavy atom. The van der Waals surface area contributed by atoms with Gasteiger partial charge in [0.1, 0.15) is 5.76 Å². The van der Waals surface area contributed by atoms with Crippen LogP contribution in [0.1, 0.15) is 28.4 Å². The summed E-state index contributed by atoms with van der Waals surface area (Å²) in [5.74, 6) is 0.492. The average Bonchev–Trinajstić information content (AvgIpc) is 2.74. The number of nitrogens with zero attached hydrogens (tertiary/aromatic N) is 3. The lowest BCUT2D eigenvalue weighted by Gasteiger charge is -2.11. The summed E-state index contributed by atoms with van der Waals surface area (Å²) in [5.41, 5.74) is 3.45. The second kappa shape index (κ2) is 5.90. The molecule has 2 rings (SSSR count). The van der Waals surface area contributed by atoms with E-state index >= 15 is 0 Å². The van der Waals surface area contributed by atoms with Crippen LogP contribution in [0.3, 0.4) is 0 Å². The zero-order chi connectivity index (χ0) is 15.6. The summed E-state index contributed by atoms with van der Waals surface area (Å²) in [6.45, 7) is 7.19. The van der Waals surface area contributed by atoms with Gasteiger partial charge in [-0.25, -0.2) is 0 Å². The van der Waals surface area contributed by atoms with Crippen LogP contribution in [0, 0.1) is 27.7 Å². The highest BCUT2D eigenvalue weighted by atomic mass is 16.5. The summed E-state index contributed by atoms with van der Waals surface area (Å²) in [7, 11) is 1.50. The van der Waals surface area contributed by atoms with Crippen molar-refractivity contribution in [2.75, 3.05) is 12.4 Å². The summed E-state index contributed by atoms with van der Waals surface area (Å²) in [6.07, 6.45) is 0.200. The predicted molar refractivity (Wildman–Crippen MR) is 76.4 cm³/mol. The van der Waals surface area contributed by atoms with Gasteiger partial charge >= 0.3 is 6.01 Å². The van der Waals surface area contributed by atoms with Crippen LogP contribution >= 0.6 is 0 Å². The summed E-state index contributed by atoms with van der Waals surface area (Å²) in [5, 5.41) is 6.67. The lowest BCUT2D eigenvalue weighted by Crippen LogP contribution is -2.18. The molecule has 7 heteroatoms. The third-order valence-corrected chi connectivity index (χ3v) is 3.22. The molecule has 21 heavy (non-hydrogen) atoms. The molecule has 0 aliphatic heterocycles. The molecule has 112 valence electrons. The van der Waals surface area contributed by atoms with Gasteiger partial charge in [0.2, 0.25) is 5.91 Å². The van der Waals surface area contributed by atoms with Crippen molar-refractivity contribution in [2.45, 2.75) is 34.1 Å². The maximum atomic E-state index is 12.2. The molecule has 0 saturated carbocycles. The standard InChI is InChI=1S/C14H18N4O3/c1-7-11(10(4)21-18-7)6-12(19)17-13-8(2)15-14(20-5)16-9(13)3/h6H2,1-5H3,(H,17,19). The van der Waals surface area contributed by atoms with Crippen molar-refractivity contribution in [3.63, 3.8) is 0 Å². The van der Waals surface area contributed by atoms with Crippen LogP contribution in [-0.4, -0.2) is 28.1 Å². The number of carbonyl (C=O) groups is 1. The Morgan fingerprint density at radius 1 is 1.14 bits per heavy atom. The van der Waals surface area contributed by atoms with Crippen LogP contribution in [0.25, 0.3) is 0 Å². The number of anilines is 1. The lowest BCUT2D eigenvalue weighted by atomic mass is 10.1. The highest BCUT2D eigenvalue weighted by molar-refractivity contribution is 5.93. The Morgan fingerprint density at radius 3 is 2.24 bits per heavy atom. The van der Waals surface area contributed by atoms with E-state index in [0.717, 1.165) is 11.3 Å². The summed E-state index contributed by atoms with van der Waals surface area (Å²) < 4.78 is 10.0. The van der Waals surface area contributed by atoms with E-state index in [-0.39, 0.29) is 18.3 Å². The smallest absolute Gasteiger partial charge is 0.316 e. The maximum Gasteiger partial charge on any atom is 0.316 e. The van der Waals surface area contributed by atoms with Gasteiger partial charge in [0.25, 0.3) is 0 Å². The third-order valence-electron chi connectivity index (χ3n) is 3.22. The third kappa shape index (κ3) is 3.18. The number of hydrogen-bond acceptors (Lipinski definition) is 6. The van der Waals surface area contributed by atoms with E-state index in [9.17, 15) is 4.79 Å². The fourth-order valence-electron chi connectivity index (χ4n) is 2.06. The molecule has 0 spiro atoms. The van der Waals surface area contributed by atoms with Gasteiger partial charge < -0.3 is 14.6 Å². The Bertz CT molecular complexity index is 636. The number of rotatable bonds is 4. The van der Waals surface area contributed by atoms with Crippen molar-refractivity contribution in [3.05, 3.63) is 28.4 Å². The molecule has 0 unspecified atom stereocenters. The van der Waals surface area contributed by atoms with Gasteiger partial charge in [-0.15, -0.1) is 0 Å². The minimum atomic E-state index is -0.163. The molecule has 0 aliphatic rings. The van der Waals surface area contributed by atoms with Gasteiger partial charge in [-0.2, -0.15) is 9.97 Å². The second-order valence-corrected chi connectivity index (χ2v) is 4.78. The molecule has 0 saturated heterocycles. The highest BCUT2D eigenvalue weighted by Crippen LogP contribution is 2.20. The normalized spacial score (nSPS) is 10.5. The Balaban J connectivity index is 2.17. The van der Waals surface area contributed by atoms with Crippen LogP contribution < -0.4 is 10.1 Å². The molecule has 0 aromatic carbocycles. The van der Waals surface area contributed by atoms with Crippen LogP contribution in [-0.2, 0) is 11.2 Å². The van der Waals surface area contributed by atoms with Crippen molar-refractivity contribution < 1.29 is 14.1 Å². The molecule has 1 N–H and O–H groups in total. The van der Waals surface area contributed by atoms with Gasteiger partial charge in [-0.05, 0) is 27.7 Å². The first-order valence-electron chi connectivity index (χ1n) is 6.53. The van der Waals surface area contributed by atoms with E-state index in [2.05, 4.69) is 20.4 Å². The number of carbonyl (C=O) groups excluding carboxylic acids is 1. The zero-order valence-corrected chi connectivity index (χ0v) is 12.8. The molecule has 0 atom stereocenters. The van der Waals surface area contributed by atoms with Crippen LogP contribution in [0.15, 0.2) is 4.52 Å². The molecule has 0 fully saturated rings. The fraction of sp³-hybridized carbons (Fsp3) is 0.429. The molecule has 7 nitrogen and oxygen atoms in total. The maximum absolute atomic E-state index is 12.2. The van der Waals surface area contributed by atoms with Crippen LogP contribution in [0.2, 0.25) is 0 Å². The average molecular weight is 290 g/mol. The molecule has 0 bridgehead atoms. The largest absolute Gasteiger partial charge is 0.467 e. The van der Waals surface area contributed by atoms with Gasteiger partial charge in [0.05, 0.1) is 36.3 Å². The quantitative estimate of drug-likeness (QED) is 0.924. The van der Waals surface area contributed by atoms with Crippen molar-refractivity contribution in [3.8, 4) is 6.01 Å². The van der Waals surface area contributed by atoms with E-state index in [4.69, 9.17) is 9.26 Å². The number of methoxy groups -OCH3 is 1. The van der Waals surface area contributed by atoms with Crippen molar-refractivity contribution in [1.29, 1.82) is 0 Å². The number of amides is 1. The Hall–Kier alpha value is -2.44. The first-order valence-corrected chi connectivity index (χ1v) is 6.53. The zero-order valence-electron chi connectivity index (χ0n) is 12.8. The molecule has 2 aromatic heterocycles. The van der Waals surface area contributed by atoms with Gasteiger partial charge in [0, 0.05) is 5.56 Å². The second-order valence-electron chi connectivity index (χ2n) is 4.78. The number of nitrogens with one attached hydrogen (secondary N) is 1. The van der Waals surface area contributed by atoms with Gasteiger partial charge in [0.15, 0.2) is 0 Å². The Labute approximate surface area is 122 Å². The molecular weight excluding hydrogens is 272 g/mol. The molecule has 2 aromatic rings. The monoisotopic (exact) mass is 290 g/mol. The molecule has 1 amide bonds. The number of ether oxygens (including phenoxy) is 1. The minimum absolute atomic E-state index is 0.163. The SMILES string of the molecule is COc1nc(C)c(NC(=O)Cc2c(C)noc2C)c(C)n1. The summed E-state index contributed by atoms with van der Waals surface area (Å²) in [6, 6.07) is 0.286. The first-order chi connectivity index (χ1) is 9.92. The van der Waals surface area contributed by atoms with E-state index in [0.29, 0.717) is 22.8 Å². The minimum Gasteiger partial charge on any atom is -0.467 e. The van der Waals surface area contributed by atoms with Gasteiger partial charge in [-0.1, -0.05) is 5.16 Å². The number of hydrogen-bond donors (Lipinski definition) is 1. The van der Waals surface area contributed by atoms with Crippen molar-refractivity contribution in [1.82, 2.24) is 15.1 Å². The lowest BCUT2D eigenvalue weighted by molar-refractivity contribution is -0.115. The van der Waals surface area contributed by atoms with Crippen LogP contribution in [0.4, 0.5) is 5.69 Å². The van der Waals surface area contributed by atoms with E-state index in [1.54, 1.807) is 20.8 Å². The van der Waals surface area contributed by atoms with Crippen molar-refractivity contribution in [2.24, 2.45) is 0 Å². The molecular formula is C14H18N4O3. The topological polar surface area (TPSA) is 90.1 Å². The van der Waals surface area contributed by atoms with Gasteiger partial charge in [-0.3, -0.25) is 4.79 Å². The fourth-order valence-corrected chi connectivity index (χ4v) is 2.06. The van der Waals surface area contributed by atoms with Crippen LogP contribution in [0.5, 0.6) is 6.01 Å². The predicted octanol–water partition coefficient (Wildman–Crippen LogP) is 1.89. The number of aryl methyl sites for hydroxylation is 4. The molecule has 2 heterocycles. The molecule has 0 aliphatic carbocycles. The molecule has 0 radical (unpaired) electrons. The highest BCUT2D eigenvalue weighted by Gasteiger charge is 2.16. The summed E-state index contributed by atoms with van der Waals surface area (Å²) in [4.78, 5) is 20.5.